The second-order valence-corrected chi connectivity index (χ2v) is 8.67. The predicted octanol–water partition coefficient (Wildman–Crippen LogP) is 6.33. The van der Waals surface area contributed by atoms with Gasteiger partial charge in [0.1, 0.15) is 0 Å². The van der Waals surface area contributed by atoms with E-state index in [9.17, 15) is 31.1 Å². The predicted molar refractivity (Wildman–Crippen MR) is 129 cm³/mol. The Kier molecular flexibility index (Phi) is 8.92. The number of urea groups is 1. The molecule has 0 radical (unpaired) electrons. The number of rotatable bonds is 3. The molecule has 1 aromatic heterocycles. The van der Waals surface area contributed by atoms with Crippen LogP contribution in [0.3, 0.4) is 0 Å². The molecule has 204 valence electrons. The third-order valence-electron chi connectivity index (χ3n) is 5.54. The number of fused-ring (bicyclic) bond motifs is 1. The van der Waals surface area contributed by atoms with Crippen LogP contribution in [0.4, 0.5) is 42.5 Å². The highest BCUT2D eigenvalue weighted by molar-refractivity contribution is 6.31. The number of nitrogens with zero attached hydrogens (tertiary/aromatic N) is 2. The van der Waals surface area contributed by atoms with Crippen LogP contribution in [-0.4, -0.2) is 47.4 Å². The van der Waals surface area contributed by atoms with Crippen molar-refractivity contribution in [3.63, 3.8) is 0 Å². The van der Waals surface area contributed by atoms with E-state index in [1.165, 1.54) is 12.1 Å². The van der Waals surface area contributed by atoms with Gasteiger partial charge in [-0.2, -0.15) is 26.3 Å². The average molecular weight is 563 g/mol. The largest absolute Gasteiger partial charge is 0.490 e. The summed E-state index contributed by atoms with van der Waals surface area (Å²) in [6, 6.07) is 11.6. The second kappa shape index (κ2) is 11.8. The number of benzene rings is 2. The molecule has 0 unspecified atom stereocenters. The lowest BCUT2D eigenvalue weighted by Crippen LogP contribution is -2.46. The minimum atomic E-state index is -5.08. The van der Waals surface area contributed by atoms with Crippen molar-refractivity contribution in [2.45, 2.75) is 31.2 Å². The van der Waals surface area contributed by atoms with Crippen molar-refractivity contribution in [3.8, 4) is 0 Å². The van der Waals surface area contributed by atoms with Crippen LogP contribution in [0.2, 0.25) is 5.02 Å². The van der Waals surface area contributed by atoms with Gasteiger partial charge in [-0.25, -0.2) is 9.59 Å². The first-order valence-electron chi connectivity index (χ1n) is 11.1. The number of pyridine rings is 1. The number of amides is 2. The fraction of sp³-hybridized carbons (Fsp3) is 0.292. The van der Waals surface area contributed by atoms with Gasteiger partial charge in [-0.05, 0) is 55.3 Å². The van der Waals surface area contributed by atoms with Crippen molar-refractivity contribution in [2.24, 2.45) is 0 Å². The Morgan fingerprint density at radius 1 is 1.00 bits per heavy atom. The summed E-state index contributed by atoms with van der Waals surface area (Å²) in [5.74, 6) is -2.76. The number of anilines is 2. The lowest BCUT2D eigenvalue weighted by Gasteiger charge is -2.34. The van der Waals surface area contributed by atoms with E-state index in [-0.39, 0.29) is 11.7 Å². The number of hydrogen-bond acceptors (Lipinski definition) is 4. The Labute approximate surface area is 217 Å². The number of hydrogen-bond donors (Lipinski definition) is 3. The normalized spacial score (nSPS) is 14.4. The van der Waals surface area contributed by atoms with E-state index < -0.39 is 29.9 Å². The molecule has 3 aromatic rings. The lowest BCUT2D eigenvalue weighted by molar-refractivity contribution is -0.192. The smallest absolute Gasteiger partial charge is 0.475 e. The minimum absolute atomic E-state index is 0.0652. The standard InChI is InChI=1S/C22H20ClF3N4O.C2HF3O2/c23-15-4-5-18-19(13-15)27-9-6-20(18)30-10-7-16(8-11-30)28-21(31)29-17-3-1-2-14(12-17)22(24,25)26;3-2(4,5)1(6)7/h1-6,9,12-13,16H,7-8,10-11H2,(H2,28,29,31);(H,6,7). The lowest BCUT2D eigenvalue weighted by atomic mass is 10.0. The average Bonchev–Trinajstić information content (AvgIpc) is 2.83. The van der Waals surface area contributed by atoms with Gasteiger partial charge < -0.3 is 20.6 Å². The molecule has 0 spiro atoms. The Balaban J connectivity index is 0.000000505. The van der Waals surface area contributed by atoms with Crippen molar-refractivity contribution in [1.29, 1.82) is 0 Å². The second-order valence-electron chi connectivity index (χ2n) is 8.23. The topological polar surface area (TPSA) is 94.6 Å². The highest BCUT2D eigenvalue weighted by Crippen LogP contribution is 2.31. The molecule has 0 bridgehead atoms. The molecular formula is C24H21ClF6N4O3. The Bertz CT molecular complexity index is 1290. The molecule has 1 aliphatic rings. The number of aromatic nitrogens is 1. The summed E-state index contributed by atoms with van der Waals surface area (Å²) in [6.45, 7) is 1.46. The van der Waals surface area contributed by atoms with Crippen LogP contribution in [0.5, 0.6) is 0 Å². The van der Waals surface area contributed by atoms with Crippen LogP contribution in [0.1, 0.15) is 18.4 Å². The minimum Gasteiger partial charge on any atom is -0.475 e. The molecule has 4 rings (SSSR count). The zero-order chi connectivity index (χ0) is 28.1. The maximum Gasteiger partial charge on any atom is 0.490 e. The molecule has 14 heteroatoms. The zero-order valence-electron chi connectivity index (χ0n) is 19.4. The summed E-state index contributed by atoms with van der Waals surface area (Å²) in [5, 5.41) is 14.1. The highest BCUT2D eigenvalue weighted by atomic mass is 35.5. The molecular weight excluding hydrogens is 542 g/mol. The van der Waals surface area contributed by atoms with Gasteiger partial charge in [-0.15, -0.1) is 0 Å². The highest BCUT2D eigenvalue weighted by Gasteiger charge is 2.38. The third-order valence-corrected chi connectivity index (χ3v) is 5.78. The van der Waals surface area contributed by atoms with Crippen molar-refractivity contribution >= 4 is 45.9 Å². The zero-order valence-corrected chi connectivity index (χ0v) is 20.2. The summed E-state index contributed by atoms with van der Waals surface area (Å²) in [6.07, 6.45) is -6.36. The molecule has 1 fully saturated rings. The molecule has 0 atom stereocenters. The van der Waals surface area contributed by atoms with Crippen molar-refractivity contribution < 1.29 is 41.0 Å². The quantitative estimate of drug-likeness (QED) is 0.324. The number of alkyl halides is 6. The van der Waals surface area contributed by atoms with E-state index in [4.69, 9.17) is 21.5 Å². The molecule has 0 saturated carbocycles. The van der Waals surface area contributed by atoms with Gasteiger partial charge in [0.25, 0.3) is 0 Å². The van der Waals surface area contributed by atoms with E-state index in [0.717, 1.165) is 41.8 Å². The first-order valence-corrected chi connectivity index (χ1v) is 11.5. The molecule has 7 nitrogen and oxygen atoms in total. The van der Waals surface area contributed by atoms with Crippen molar-refractivity contribution in [1.82, 2.24) is 10.3 Å². The maximum atomic E-state index is 12.8. The van der Waals surface area contributed by atoms with Crippen LogP contribution in [0.25, 0.3) is 10.9 Å². The van der Waals surface area contributed by atoms with Crippen LogP contribution in [0, 0.1) is 0 Å². The third kappa shape index (κ3) is 7.88. The van der Waals surface area contributed by atoms with Gasteiger partial charge >= 0.3 is 24.4 Å². The van der Waals surface area contributed by atoms with E-state index >= 15 is 0 Å². The van der Waals surface area contributed by atoms with Gasteiger partial charge in [-0.3, -0.25) is 4.98 Å². The number of carboxylic acid groups (broad SMARTS) is 1. The monoisotopic (exact) mass is 562 g/mol. The number of carbonyl (C=O) groups excluding carboxylic acids is 1. The van der Waals surface area contributed by atoms with Crippen molar-refractivity contribution in [2.75, 3.05) is 23.3 Å². The number of carboxylic acids is 1. The van der Waals surface area contributed by atoms with E-state index in [1.54, 1.807) is 6.20 Å². The fourth-order valence-corrected chi connectivity index (χ4v) is 3.94. The Morgan fingerprint density at radius 3 is 2.26 bits per heavy atom. The number of halogens is 7. The Morgan fingerprint density at radius 2 is 1.66 bits per heavy atom. The van der Waals surface area contributed by atoms with Crippen LogP contribution < -0.4 is 15.5 Å². The summed E-state index contributed by atoms with van der Waals surface area (Å²) >= 11 is 6.06. The molecule has 2 amide bonds. The van der Waals surface area contributed by atoms with Crippen molar-refractivity contribution in [3.05, 3.63) is 65.3 Å². The van der Waals surface area contributed by atoms with E-state index in [0.29, 0.717) is 17.9 Å². The van der Waals surface area contributed by atoms with E-state index in [1.807, 2.05) is 24.3 Å². The van der Waals surface area contributed by atoms with Gasteiger partial charge in [0.2, 0.25) is 0 Å². The first-order chi connectivity index (χ1) is 17.7. The molecule has 0 aliphatic carbocycles. The van der Waals surface area contributed by atoms with Gasteiger partial charge in [0.15, 0.2) is 0 Å². The summed E-state index contributed by atoms with van der Waals surface area (Å²) in [5.41, 5.74) is 1.19. The summed E-state index contributed by atoms with van der Waals surface area (Å²) < 4.78 is 70.2. The number of carbonyl (C=O) groups is 2. The Hall–Kier alpha value is -3.74. The summed E-state index contributed by atoms with van der Waals surface area (Å²) in [7, 11) is 0. The summed E-state index contributed by atoms with van der Waals surface area (Å²) in [4.78, 5) is 27.8. The number of aliphatic carboxylic acids is 1. The molecule has 1 aliphatic heterocycles. The molecule has 1 saturated heterocycles. The number of nitrogens with one attached hydrogen (secondary N) is 2. The van der Waals surface area contributed by atoms with Gasteiger partial charge in [0.05, 0.1) is 11.1 Å². The first kappa shape index (κ1) is 28.8. The maximum absolute atomic E-state index is 12.8. The fourth-order valence-electron chi connectivity index (χ4n) is 3.77. The van der Waals surface area contributed by atoms with Gasteiger partial charge in [0, 0.05) is 47.1 Å². The molecule has 3 N–H and O–H groups in total. The van der Waals surface area contributed by atoms with Crippen LogP contribution in [-0.2, 0) is 11.0 Å². The van der Waals surface area contributed by atoms with Crippen LogP contribution >= 0.6 is 11.6 Å². The molecule has 2 aromatic carbocycles. The van der Waals surface area contributed by atoms with Gasteiger partial charge in [-0.1, -0.05) is 17.7 Å². The SMILES string of the molecule is O=C(Nc1cccc(C(F)(F)F)c1)NC1CCN(c2ccnc3cc(Cl)ccc23)CC1.O=C(O)C(F)(F)F. The molecule has 38 heavy (non-hydrogen) atoms. The van der Waals surface area contributed by atoms with Crippen LogP contribution in [0.15, 0.2) is 54.7 Å². The number of piperidine rings is 1. The van der Waals surface area contributed by atoms with E-state index in [2.05, 4.69) is 20.5 Å². The molecule has 2 heterocycles.